The van der Waals surface area contributed by atoms with Crippen LogP contribution in [0.15, 0.2) is 66.9 Å². The summed E-state index contributed by atoms with van der Waals surface area (Å²) in [5, 5.41) is 10.8. The lowest BCUT2D eigenvalue weighted by Crippen LogP contribution is -2.33. The summed E-state index contributed by atoms with van der Waals surface area (Å²) in [5.41, 5.74) is 1.14. The number of pyridine rings is 1. The summed E-state index contributed by atoms with van der Waals surface area (Å²) in [7, 11) is 0. The molecular formula is C24H20ClN5O4. The van der Waals surface area contributed by atoms with Gasteiger partial charge in [-0.15, -0.1) is 0 Å². The van der Waals surface area contributed by atoms with E-state index >= 15 is 0 Å². The van der Waals surface area contributed by atoms with Gasteiger partial charge in [-0.2, -0.15) is 9.78 Å². The molecule has 2 heterocycles. The van der Waals surface area contributed by atoms with Crippen molar-refractivity contribution in [3.8, 4) is 5.82 Å². The molecule has 0 fully saturated rings. The second-order valence-corrected chi connectivity index (χ2v) is 7.58. The molecule has 0 bridgehead atoms. The van der Waals surface area contributed by atoms with Crippen molar-refractivity contribution >= 4 is 46.1 Å². The van der Waals surface area contributed by atoms with Crippen molar-refractivity contribution in [1.29, 1.82) is 0 Å². The predicted molar refractivity (Wildman–Crippen MR) is 127 cm³/mol. The fourth-order valence-electron chi connectivity index (χ4n) is 3.21. The number of carbonyl (C=O) groups excluding carboxylic acids is 3. The van der Waals surface area contributed by atoms with Crippen LogP contribution >= 0.6 is 11.6 Å². The third kappa shape index (κ3) is 5.05. The summed E-state index contributed by atoms with van der Waals surface area (Å²) in [6.45, 7) is 1.50. The number of rotatable bonds is 7. The van der Waals surface area contributed by atoms with E-state index in [9.17, 15) is 14.4 Å². The first-order valence-corrected chi connectivity index (χ1v) is 10.8. The highest BCUT2D eigenvalue weighted by molar-refractivity contribution is 6.30. The molecule has 0 radical (unpaired) electrons. The Bertz CT molecular complexity index is 1370. The fraction of sp³-hybridized carbons (Fsp3) is 0.125. The maximum Gasteiger partial charge on any atom is 0.343 e. The van der Waals surface area contributed by atoms with Crippen LogP contribution in [0.5, 0.6) is 0 Å². The van der Waals surface area contributed by atoms with E-state index in [1.54, 1.807) is 37.3 Å². The highest BCUT2D eigenvalue weighted by Gasteiger charge is 2.22. The number of hydrogen-bond acceptors (Lipinski definition) is 6. The van der Waals surface area contributed by atoms with Crippen molar-refractivity contribution in [2.45, 2.75) is 6.92 Å². The quantitative estimate of drug-likeness (QED) is 0.393. The van der Waals surface area contributed by atoms with Crippen LogP contribution in [-0.4, -0.2) is 45.7 Å². The highest BCUT2D eigenvalue weighted by atomic mass is 35.5. The first-order valence-electron chi connectivity index (χ1n) is 10.4. The summed E-state index contributed by atoms with van der Waals surface area (Å²) < 4.78 is 6.44. The minimum Gasteiger partial charge on any atom is -0.462 e. The highest BCUT2D eigenvalue weighted by Crippen LogP contribution is 2.22. The maximum atomic E-state index is 12.7. The Morgan fingerprint density at radius 3 is 2.56 bits per heavy atom. The van der Waals surface area contributed by atoms with E-state index in [0.717, 1.165) is 10.9 Å². The van der Waals surface area contributed by atoms with E-state index in [4.69, 9.17) is 16.3 Å². The van der Waals surface area contributed by atoms with Gasteiger partial charge in [0, 0.05) is 16.0 Å². The van der Waals surface area contributed by atoms with Gasteiger partial charge < -0.3 is 15.4 Å². The third-order valence-electron chi connectivity index (χ3n) is 4.84. The molecule has 0 aliphatic rings. The van der Waals surface area contributed by atoms with Gasteiger partial charge in [-0.1, -0.05) is 29.8 Å². The van der Waals surface area contributed by atoms with Gasteiger partial charge in [0.25, 0.3) is 5.91 Å². The normalized spacial score (nSPS) is 10.6. The number of aromatic nitrogens is 3. The minimum absolute atomic E-state index is 0.0641. The monoisotopic (exact) mass is 477 g/mol. The van der Waals surface area contributed by atoms with E-state index in [1.807, 2.05) is 30.3 Å². The molecule has 9 nitrogen and oxygen atoms in total. The molecule has 2 aromatic heterocycles. The molecule has 172 valence electrons. The fourth-order valence-corrected chi connectivity index (χ4v) is 3.34. The molecule has 10 heteroatoms. The Balaban J connectivity index is 1.57. The number of fused-ring (bicyclic) bond motifs is 1. The van der Waals surface area contributed by atoms with Crippen molar-refractivity contribution in [3.63, 3.8) is 0 Å². The number of halogens is 1. The predicted octanol–water partition coefficient (Wildman–Crippen LogP) is 3.62. The van der Waals surface area contributed by atoms with E-state index < -0.39 is 17.8 Å². The molecule has 34 heavy (non-hydrogen) atoms. The van der Waals surface area contributed by atoms with E-state index in [-0.39, 0.29) is 24.5 Å². The molecule has 0 spiro atoms. The van der Waals surface area contributed by atoms with E-state index in [1.165, 1.54) is 10.9 Å². The Hall–Kier alpha value is -4.24. The summed E-state index contributed by atoms with van der Waals surface area (Å²) in [6.07, 6.45) is 1.30. The first-order chi connectivity index (χ1) is 16.5. The summed E-state index contributed by atoms with van der Waals surface area (Å²) >= 11 is 5.84. The van der Waals surface area contributed by atoms with Gasteiger partial charge in [0.2, 0.25) is 5.91 Å². The number of anilines is 1. The molecule has 0 aliphatic carbocycles. The maximum absolute atomic E-state index is 12.7. The van der Waals surface area contributed by atoms with Crippen molar-refractivity contribution in [3.05, 3.63) is 83.0 Å². The van der Waals surface area contributed by atoms with Crippen LogP contribution in [0, 0.1) is 0 Å². The SMILES string of the molecule is CCOC(=O)c1cnn(-c2ccc3ccccc3n2)c1NC(=O)CNC(=O)c1ccc(Cl)cc1. The summed E-state index contributed by atoms with van der Waals surface area (Å²) in [6, 6.07) is 17.4. The van der Waals surface area contributed by atoms with Gasteiger partial charge in [-0.05, 0) is 49.4 Å². The van der Waals surface area contributed by atoms with Crippen LogP contribution in [0.1, 0.15) is 27.6 Å². The molecule has 0 saturated carbocycles. The van der Waals surface area contributed by atoms with Crippen molar-refractivity contribution in [2.75, 3.05) is 18.5 Å². The number of carbonyl (C=O) groups is 3. The molecule has 4 rings (SSSR count). The summed E-state index contributed by atoms with van der Waals surface area (Å²) in [4.78, 5) is 42.0. The van der Waals surface area contributed by atoms with Gasteiger partial charge in [0.15, 0.2) is 11.6 Å². The lowest BCUT2D eigenvalue weighted by atomic mass is 10.2. The van der Waals surface area contributed by atoms with Gasteiger partial charge >= 0.3 is 5.97 Å². The number of amides is 2. The second-order valence-electron chi connectivity index (χ2n) is 7.14. The van der Waals surface area contributed by atoms with Crippen LogP contribution in [0.3, 0.4) is 0 Å². The molecule has 0 atom stereocenters. The smallest absolute Gasteiger partial charge is 0.343 e. The average Bonchev–Trinajstić information content (AvgIpc) is 3.26. The number of nitrogens with one attached hydrogen (secondary N) is 2. The lowest BCUT2D eigenvalue weighted by molar-refractivity contribution is -0.115. The molecule has 2 aromatic carbocycles. The van der Waals surface area contributed by atoms with Crippen LogP contribution in [0.25, 0.3) is 16.7 Å². The van der Waals surface area contributed by atoms with Crippen LogP contribution in [0.4, 0.5) is 5.82 Å². The van der Waals surface area contributed by atoms with Crippen molar-refractivity contribution in [1.82, 2.24) is 20.1 Å². The topological polar surface area (TPSA) is 115 Å². The van der Waals surface area contributed by atoms with E-state index in [0.29, 0.717) is 16.4 Å². The second kappa shape index (κ2) is 10.1. The molecule has 4 aromatic rings. The third-order valence-corrected chi connectivity index (χ3v) is 5.09. The Kier molecular flexibility index (Phi) is 6.84. The Morgan fingerprint density at radius 1 is 1.03 bits per heavy atom. The zero-order chi connectivity index (χ0) is 24.1. The average molecular weight is 478 g/mol. The van der Waals surface area contributed by atoms with Crippen LogP contribution in [0.2, 0.25) is 5.02 Å². The van der Waals surface area contributed by atoms with Crippen molar-refractivity contribution < 1.29 is 19.1 Å². The molecule has 2 N–H and O–H groups in total. The van der Waals surface area contributed by atoms with Gasteiger partial charge in [0.1, 0.15) is 5.56 Å². The molecule has 2 amide bonds. The lowest BCUT2D eigenvalue weighted by Gasteiger charge is -2.12. The van der Waals surface area contributed by atoms with Crippen LogP contribution < -0.4 is 10.6 Å². The van der Waals surface area contributed by atoms with Gasteiger partial charge in [0.05, 0.1) is 24.9 Å². The molecular weight excluding hydrogens is 458 g/mol. The number of ether oxygens (including phenoxy) is 1. The molecule has 0 aliphatic heterocycles. The summed E-state index contributed by atoms with van der Waals surface area (Å²) in [5.74, 6) is -1.16. The largest absolute Gasteiger partial charge is 0.462 e. The minimum atomic E-state index is -0.643. The number of hydrogen-bond donors (Lipinski definition) is 2. The zero-order valence-corrected chi connectivity index (χ0v) is 18.9. The van der Waals surface area contributed by atoms with Crippen LogP contribution in [-0.2, 0) is 9.53 Å². The standard InChI is InChI=1S/C24H20ClN5O4/c1-2-34-24(33)18-13-27-30(20-12-9-15-5-3-4-6-19(15)28-20)22(18)29-21(31)14-26-23(32)16-7-10-17(25)11-8-16/h3-13H,2,14H2,1H3,(H,26,32)(H,29,31). The Morgan fingerprint density at radius 2 is 1.79 bits per heavy atom. The number of para-hydroxylation sites is 1. The molecule has 0 saturated heterocycles. The number of benzene rings is 2. The Labute approximate surface area is 199 Å². The zero-order valence-electron chi connectivity index (χ0n) is 18.1. The van der Waals surface area contributed by atoms with E-state index in [2.05, 4.69) is 20.7 Å². The number of esters is 1. The van der Waals surface area contributed by atoms with Gasteiger partial charge in [-0.25, -0.2) is 9.78 Å². The first kappa shape index (κ1) is 22.9. The van der Waals surface area contributed by atoms with Gasteiger partial charge in [-0.3, -0.25) is 9.59 Å². The molecule has 0 unspecified atom stereocenters. The van der Waals surface area contributed by atoms with Crippen molar-refractivity contribution in [2.24, 2.45) is 0 Å². The number of nitrogens with zero attached hydrogens (tertiary/aromatic N) is 3.